The lowest BCUT2D eigenvalue weighted by molar-refractivity contribution is 0.0840. The second kappa shape index (κ2) is 7.49. The minimum atomic E-state index is -0.451. The van der Waals surface area contributed by atoms with Gasteiger partial charge in [-0.05, 0) is 37.0 Å². The van der Waals surface area contributed by atoms with Gasteiger partial charge in [0.2, 0.25) is 0 Å². The number of amides is 1. The first-order valence-electron chi connectivity index (χ1n) is 8.44. The molecule has 6 nitrogen and oxygen atoms in total. The molecule has 128 valence electrons. The molecule has 6 heteroatoms. The molecular weight excluding hydrogens is 304 g/mol. The van der Waals surface area contributed by atoms with Gasteiger partial charge in [-0.25, -0.2) is 0 Å². The smallest absolute Gasteiger partial charge is 0.251 e. The molecular formula is C18H24N4O2. The molecule has 1 unspecified atom stereocenters. The molecule has 1 aliphatic carbocycles. The molecule has 24 heavy (non-hydrogen) atoms. The van der Waals surface area contributed by atoms with Gasteiger partial charge in [0.15, 0.2) is 0 Å². The number of aryl methyl sites for hydroxylation is 1. The van der Waals surface area contributed by atoms with Crippen molar-refractivity contribution in [2.45, 2.75) is 31.8 Å². The van der Waals surface area contributed by atoms with E-state index < -0.39 is 6.10 Å². The number of anilines is 2. The number of hydrogen-bond donors (Lipinski definition) is 3. The first-order chi connectivity index (χ1) is 11.6. The van der Waals surface area contributed by atoms with Crippen LogP contribution in [0, 0.1) is 5.92 Å². The normalized spacial score (nSPS) is 16.1. The van der Waals surface area contributed by atoms with Crippen LogP contribution in [-0.2, 0) is 7.05 Å². The fourth-order valence-corrected chi connectivity index (χ4v) is 3.20. The van der Waals surface area contributed by atoms with Crippen LogP contribution in [0.15, 0.2) is 36.7 Å². The van der Waals surface area contributed by atoms with Crippen LogP contribution in [0.3, 0.4) is 0 Å². The predicted molar refractivity (Wildman–Crippen MR) is 93.2 cm³/mol. The molecule has 0 bridgehead atoms. The molecule has 1 atom stereocenters. The molecule has 1 saturated carbocycles. The van der Waals surface area contributed by atoms with Crippen molar-refractivity contribution in [1.29, 1.82) is 0 Å². The summed E-state index contributed by atoms with van der Waals surface area (Å²) >= 11 is 0. The van der Waals surface area contributed by atoms with Crippen LogP contribution in [0.5, 0.6) is 0 Å². The van der Waals surface area contributed by atoms with Gasteiger partial charge in [-0.2, -0.15) is 5.10 Å². The number of nitrogens with one attached hydrogen (secondary N) is 2. The summed E-state index contributed by atoms with van der Waals surface area (Å²) in [7, 11) is 1.85. The second-order valence-electron chi connectivity index (χ2n) is 6.43. The standard InChI is InChI=1S/C18H24N4O2/c1-22-12-16(10-20-22)21-15-8-4-7-14(9-15)18(24)19-11-17(23)13-5-2-3-6-13/h4,7-10,12-13,17,21,23H,2-3,5-6,11H2,1H3,(H,19,24). The number of rotatable bonds is 6. The number of aliphatic hydroxyl groups excluding tert-OH is 1. The number of carbonyl (C=O) groups excluding carboxylic acids is 1. The molecule has 0 aliphatic heterocycles. The van der Waals surface area contributed by atoms with E-state index in [-0.39, 0.29) is 5.91 Å². The number of benzene rings is 1. The zero-order chi connectivity index (χ0) is 16.9. The molecule has 2 aromatic rings. The predicted octanol–water partition coefficient (Wildman–Crippen LogP) is 2.44. The van der Waals surface area contributed by atoms with E-state index in [1.165, 1.54) is 12.8 Å². The lowest BCUT2D eigenvalue weighted by atomic mass is 10.0. The quantitative estimate of drug-likeness (QED) is 0.761. The van der Waals surface area contributed by atoms with Crippen molar-refractivity contribution in [3.05, 3.63) is 42.2 Å². The highest BCUT2D eigenvalue weighted by Gasteiger charge is 2.23. The van der Waals surface area contributed by atoms with Crippen LogP contribution in [0.2, 0.25) is 0 Å². The van der Waals surface area contributed by atoms with Crippen LogP contribution in [0.1, 0.15) is 36.0 Å². The lowest BCUT2D eigenvalue weighted by Crippen LogP contribution is -2.35. The highest BCUT2D eigenvalue weighted by atomic mass is 16.3. The molecule has 1 aromatic carbocycles. The lowest BCUT2D eigenvalue weighted by Gasteiger charge is -2.18. The average Bonchev–Trinajstić information content (AvgIpc) is 3.24. The SMILES string of the molecule is Cn1cc(Nc2cccc(C(=O)NCC(O)C3CCCC3)c2)cn1. The number of nitrogens with zero attached hydrogens (tertiary/aromatic N) is 2. The van der Waals surface area contributed by atoms with E-state index in [2.05, 4.69) is 15.7 Å². The first-order valence-corrected chi connectivity index (χ1v) is 8.44. The molecule has 3 rings (SSSR count). The Morgan fingerprint density at radius 2 is 2.17 bits per heavy atom. The number of aromatic nitrogens is 2. The molecule has 1 aromatic heterocycles. The minimum Gasteiger partial charge on any atom is -0.391 e. The third-order valence-corrected chi connectivity index (χ3v) is 4.53. The van der Waals surface area contributed by atoms with Crippen molar-refractivity contribution in [2.24, 2.45) is 13.0 Å². The van der Waals surface area contributed by atoms with E-state index in [4.69, 9.17) is 0 Å². The van der Waals surface area contributed by atoms with Gasteiger partial charge in [0.25, 0.3) is 5.91 Å². The summed E-state index contributed by atoms with van der Waals surface area (Å²) < 4.78 is 1.71. The van der Waals surface area contributed by atoms with Crippen molar-refractivity contribution in [3.63, 3.8) is 0 Å². The largest absolute Gasteiger partial charge is 0.391 e. The van der Waals surface area contributed by atoms with Crippen LogP contribution in [0.4, 0.5) is 11.4 Å². The van der Waals surface area contributed by atoms with E-state index in [9.17, 15) is 9.90 Å². The van der Waals surface area contributed by atoms with Crippen LogP contribution >= 0.6 is 0 Å². The van der Waals surface area contributed by atoms with Gasteiger partial charge in [-0.1, -0.05) is 18.9 Å². The van der Waals surface area contributed by atoms with Crippen LogP contribution in [-0.4, -0.2) is 33.4 Å². The number of hydrogen-bond acceptors (Lipinski definition) is 4. The Labute approximate surface area is 141 Å². The van der Waals surface area contributed by atoms with Crippen LogP contribution < -0.4 is 10.6 Å². The van der Waals surface area contributed by atoms with E-state index in [1.54, 1.807) is 23.0 Å². The molecule has 1 amide bonds. The fourth-order valence-electron chi connectivity index (χ4n) is 3.20. The van der Waals surface area contributed by atoms with Crippen molar-refractivity contribution in [1.82, 2.24) is 15.1 Å². The van der Waals surface area contributed by atoms with E-state index in [1.807, 2.05) is 25.4 Å². The van der Waals surface area contributed by atoms with Gasteiger partial charge < -0.3 is 15.7 Å². The number of aliphatic hydroxyl groups is 1. The highest BCUT2D eigenvalue weighted by Crippen LogP contribution is 2.27. The Bertz CT molecular complexity index is 692. The van der Waals surface area contributed by atoms with Crippen molar-refractivity contribution in [3.8, 4) is 0 Å². The number of carbonyl (C=O) groups is 1. The third kappa shape index (κ3) is 4.14. The van der Waals surface area contributed by atoms with Crippen molar-refractivity contribution < 1.29 is 9.90 Å². The maximum atomic E-state index is 12.3. The summed E-state index contributed by atoms with van der Waals surface area (Å²) in [5, 5.41) is 20.3. The summed E-state index contributed by atoms with van der Waals surface area (Å²) in [5.74, 6) is 0.158. The molecule has 0 saturated heterocycles. The highest BCUT2D eigenvalue weighted by molar-refractivity contribution is 5.95. The van der Waals surface area contributed by atoms with E-state index >= 15 is 0 Å². The Morgan fingerprint density at radius 3 is 2.88 bits per heavy atom. The maximum Gasteiger partial charge on any atom is 0.251 e. The first kappa shape index (κ1) is 16.5. The summed E-state index contributed by atoms with van der Waals surface area (Å²) in [6.07, 6.45) is 7.61. The second-order valence-corrected chi connectivity index (χ2v) is 6.43. The van der Waals surface area contributed by atoms with Crippen molar-refractivity contribution in [2.75, 3.05) is 11.9 Å². The van der Waals surface area contributed by atoms with Gasteiger partial charge in [-0.3, -0.25) is 9.48 Å². The van der Waals surface area contributed by atoms with Gasteiger partial charge in [0.1, 0.15) is 0 Å². The minimum absolute atomic E-state index is 0.165. The van der Waals surface area contributed by atoms with Gasteiger partial charge in [-0.15, -0.1) is 0 Å². The topological polar surface area (TPSA) is 79.2 Å². The average molecular weight is 328 g/mol. The fraction of sp³-hybridized carbons (Fsp3) is 0.444. The molecule has 1 fully saturated rings. The molecule has 0 radical (unpaired) electrons. The molecule has 1 heterocycles. The van der Waals surface area contributed by atoms with E-state index in [0.717, 1.165) is 24.2 Å². The summed E-state index contributed by atoms with van der Waals surface area (Å²) in [4.78, 5) is 12.3. The Morgan fingerprint density at radius 1 is 1.38 bits per heavy atom. The monoisotopic (exact) mass is 328 g/mol. The molecule has 0 spiro atoms. The van der Waals surface area contributed by atoms with Crippen LogP contribution in [0.25, 0.3) is 0 Å². The Hall–Kier alpha value is -2.34. The third-order valence-electron chi connectivity index (χ3n) is 4.53. The summed E-state index contributed by atoms with van der Waals surface area (Å²) in [6, 6.07) is 7.30. The van der Waals surface area contributed by atoms with Gasteiger partial charge in [0.05, 0.1) is 18.0 Å². The zero-order valence-corrected chi connectivity index (χ0v) is 13.9. The van der Waals surface area contributed by atoms with E-state index in [0.29, 0.717) is 18.0 Å². The van der Waals surface area contributed by atoms with Gasteiger partial charge >= 0.3 is 0 Å². The Balaban J connectivity index is 1.57. The van der Waals surface area contributed by atoms with Crippen molar-refractivity contribution >= 4 is 17.3 Å². The van der Waals surface area contributed by atoms with Gasteiger partial charge in [0, 0.05) is 31.0 Å². The maximum absolute atomic E-state index is 12.3. The molecule has 3 N–H and O–H groups in total. The zero-order valence-electron chi connectivity index (χ0n) is 13.9. The summed E-state index contributed by atoms with van der Waals surface area (Å²) in [6.45, 7) is 0.309. The Kier molecular flexibility index (Phi) is 5.15. The summed E-state index contributed by atoms with van der Waals surface area (Å²) in [5.41, 5.74) is 2.27. The molecule has 1 aliphatic rings.